The summed E-state index contributed by atoms with van der Waals surface area (Å²) in [7, 11) is -3.58. The average Bonchev–Trinajstić information content (AvgIpc) is 2.73. The second-order valence-electron chi connectivity index (χ2n) is 6.34. The number of sulfonamides is 1. The van der Waals surface area contributed by atoms with E-state index >= 15 is 0 Å². The molecule has 7 nitrogen and oxygen atoms in total. The number of hydrogen-bond donors (Lipinski definition) is 0. The molecule has 0 amide bonds. The van der Waals surface area contributed by atoms with E-state index in [0.717, 1.165) is 5.56 Å². The van der Waals surface area contributed by atoms with Crippen molar-refractivity contribution < 1.29 is 27.4 Å². The number of morpholine rings is 1. The topological polar surface area (TPSA) is 82.1 Å². The molecule has 2 aromatic carbocycles. The lowest BCUT2D eigenvalue weighted by Gasteiger charge is -2.26. The maximum atomic E-state index is 12.6. The van der Waals surface area contributed by atoms with E-state index in [0.29, 0.717) is 32.1 Å². The van der Waals surface area contributed by atoms with Crippen LogP contribution < -0.4 is 4.74 Å². The molecule has 1 heterocycles. The number of rotatable bonds is 7. The highest BCUT2D eigenvalue weighted by Gasteiger charge is 2.26. The molecule has 0 aliphatic carbocycles. The van der Waals surface area contributed by atoms with E-state index < -0.39 is 16.0 Å². The van der Waals surface area contributed by atoms with Gasteiger partial charge in [0.05, 0.1) is 23.7 Å². The Morgan fingerprint density at radius 1 is 1.00 bits per heavy atom. The second kappa shape index (κ2) is 9.18. The first-order valence-electron chi connectivity index (χ1n) is 9.01. The van der Waals surface area contributed by atoms with Gasteiger partial charge >= 0.3 is 5.97 Å². The van der Waals surface area contributed by atoms with Gasteiger partial charge in [0.1, 0.15) is 19.0 Å². The average molecular weight is 405 g/mol. The molecule has 0 saturated carbocycles. The maximum absolute atomic E-state index is 12.6. The van der Waals surface area contributed by atoms with Crippen LogP contribution in [0.4, 0.5) is 0 Å². The molecule has 8 heteroatoms. The molecule has 150 valence electrons. The van der Waals surface area contributed by atoms with Gasteiger partial charge in [-0.3, -0.25) is 0 Å². The molecule has 0 N–H and O–H groups in total. The number of carbonyl (C=O) groups excluding carboxylic acids is 1. The van der Waals surface area contributed by atoms with Gasteiger partial charge in [0.25, 0.3) is 0 Å². The Hall–Kier alpha value is -2.42. The van der Waals surface area contributed by atoms with Crippen molar-refractivity contribution in [1.29, 1.82) is 0 Å². The normalized spacial score (nSPS) is 15.2. The lowest BCUT2D eigenvalue weighted by atomic mass is 10.2. The summed E-state index contributed by atoms with van der Waals surface area (Å²) in [4.78, 5) is 12.3. The zero-order chi connectivity index (χ0) is 20.0. The highest BCUT2D eigenvalue weighted by molar-refractivity contribution is 7.89. The summed E-state index contributed by atoms with van der Waals surface area (Å²) >= 11 is 0. The van der Waals surface area contributed by atoms with E-state index in [9.17, 15) is 13.2 Å². The van der Waals surface area contributed by atoms with Crippen LogP contribution in [0.15, 0.2) is 53.4 Å². The fourth-order valence-corrected chi connectivity index (χ4v) is 4.12. The first-order chi connectivity index (χ1) is 13.5. The summed E-state index contributed by atoms with van der Waals surface area (Å²) in [6.07, 6.45) is 0. The van der Waals surface area contributed by atoms with Gasteiger partial charge in [-0.15, -0.1) is 0 Å². The Balaban J connectivity index is 1.51. The molecule has 1 fully saturated rings. The van der Waals surface area contributed by atoms with Gasteiger partial charge in [-0.05, 0) is 43.3 Å². The summed E-state index contributed by atoms with van der Waals surface area (Å²) < 4.78 is 42.4. The van der Waals surface area contributed by atoms with Crippen molar-refractivity contribution in [3.8, 4) is 5.75 Å². The number of ether oxygens (including phenoxy) is 3. The molecule has 1 saturated heterocycles. The van der Waals surface area contributed by atoms with Crippen LogP contribution in [0.2, 0.25) is 0 Å². The van der Waals surface area contributed by atoms with Crippen molar-refractivity contribution in [3.05, 3.63) is 59.7 Å². The molecule has 0 atom stereocenters. The van der Waals surface area contributed by atoms with E-state index in [1.807, 2.05) is 31.2 Å². The van der Waals surface area contributed by atoms with Crippen molar-refractivity contribution in [2.24, 2.45) is 0 Å². The number of aryl methyl sites for hydroxylation is 1. The number of hydrogen-bond acceptors (Lipinski definition) is 6. The van der Waals surface area contributed by atoms with Gasteiger partial charge in [-0.25, -0.2) is 13.2 Å². The van der Waals surface area contributed by atoms with Gasteiger partial charge in [0.2, 0.25) is 10.0 Å². The Morgan fingerprint density at radius 3 is 2.29 bits per heavy atom. The SMILES string of the molecule is Cc1ccc(OCCOC(=O)c2ccc(S(=O)(=O)N3CCOCC3)cc2)cc1. The highest BCUT2D eigenvalue weighted by atomic mass is 32.2. The van der Waals surface area contributed by atoms with Gasteiger partial charge in [-0.2, -0.15) is 4.31 Å². The minimum absolute atomic E-state index is 0.0978. The molecular formula is C20H23NO6S. The lowest BCUT2D eigenvalue weighted by Crippen LogP contribution is -2.40. The van der Waals surface area contributed by atoms with E-state index in [4.69, 9.17) is 14.2 Å². The maximum Gasteiger partial charge on any atom is 0.338 e. The van der Waals surface area contributed by atoms with Crippen molar-refractivity contribution in [1.82, 2.24) is 4.31 Å². The van der Waals surface area contributed by atoms with E-state index in [1.165, 1.54) is 28.6 Å². The van der Waals surface area contributed by atoms with Gasteiger partial charge in [0.15, 0.2) is 0 Å². The van der Waals surface area contributed by atoms with Crippen LogP contribution in [0.3, 0.4) is 0 Å². The number of carbonyl (C=O) groups is 1. The fraction of sp³-hybridized carbons (Fsp3) is 0.350. The lowest BCUT2D eigenvalue weighted by molar-refractivity contribution is 0.0450. The zero-order valence-corrected chi connectivity index (χ0v) is 16.5. The molecule has 3 rings (SSSR count). The summed E-state index contributed by atoms with van der Waals surface area (Å²) in [5.74, 6) is 0.183. The first-order valence-corrected chi connectivity index (χ1v) is 10.5. The molecule has 0 bridgehead atoms. The predicted molar refractivity (Wildman–Crippen MR) is 103 cm³/mol. The molecule has 0 spiro atoms. The monoisotopic (exact) mass is 405 g/mol. The van der Waals surface area contributed by atoms with Gasteiger partial charge in [0, 0.05) is 13.1 Å². The Bertz CT molecular complexity index is 887. The standard InChI is InChI=1S/C20H23NO6S/c1-16-2-6-18(7-3-16)26-14-15-27-20(22)17-4-8-19(9-5-17)28(23,24)21-10-12-25-13-11-21/h2-9H,10-15H2,1H3. The molecule has 2 aromatic rings. The smallest absolute Gasteiger partial charge is 0.338 e. The van der Waals surface area contributed by atoms with E-state index in [1.54, 1.807) is 0 Å². The number of nitrogens with zero attached hydrogens (tertiary/aromatic N) is 1. The largest absolute Gasteiger partial charge is 0.490 e. The summed E-state index contributed by atoms with van der Waals surface area (Å²) in [6.45, 7) is 3.74. The molecule has 0 unspecified atom stereocenters. The Labute approximate surface area is 164 Å². The van der Waals surface area contributed by atoms with Crippen molar-refractivity contribution in [3.63, 3.8) is 0 Å². The van der Waals surface area contributed by atoms with Crippen molar-refractivity contribution >= 4 is 16.0 Å². The molecule has 0 aromatic heterocycles. The minimum Gasteiger partial charge on any atom is -0.490 e. The quantitative estimate of drug-likeness (QED) is 0.519. The Kier molecular flexibility index (Phi) is 6.66. The third-order valence-electron chi connectivity index (χ3n) is 4.30. The third-order valence-corrected chi connectivity index (χ3v) is 6.22. The first kappa shape index (κ1) is 20.3. The van der Waals surface area contributed by atoms with Crippen LogP contribution in [0.25, 0.3) is 0 Å². The third kappa shape index (κ3) is 5.09. The van der Waals surface area contributed by atoms with Crippen LogP contribution in [-0.2, 0) is 19.5 Å². The summed E-state index contributed by atoms with van der Waals surface area (Å²) in [6, 6.07) is 13.3. The van der Waals surface area contributed by atoms with Crippen LogP contribution in [0, 0.1) is 6.92 Å². The molecular weight excluding hydrogens is 382 g/mol. The van der Waals surface area contributed by atoms with Crippen LogP contribution in [-0.4, -0.2) is 58.2 Å². The van der Waals surface area contributed by atoms with Gasteiger partial charge in [-0.1, -0.05) is 17.7 Å². The molecule has 1 aliphatic rings. The Morgan fingerprint density at radius 2 is 1.64 bits per heavy atom. The van der Waals surface area contributed by atoms with Gasteiger partial charge < -0.3 is 14.2 Å². The summed E-state index contributed by atoms with van der Waals surface area (Å²) in [5, 5.41) is 0. The fourth-order valence-electron chi connectivity index (χ4n) is 2.71. The number of benzene rings is 2. The van der Waals surface area contributed by atoms with Crippen LogP contribution in [0.5, 0.6) is 5.75 Å². The number of esters is 1. The summed E-state index contributed by atoms with van der Waals surface area (Å²) in [5.41, 5.74) is 1.43. The second-order valence-corrected chi connectivity index (χ2v) is 8.28. The minimum atomic E-state index is -3.58. The van der Waals surface area contributed by atoms with E-state index in [-0.39, 0.29) is 23.7 Å². The van der Waals surface area contributed by atoms with Crippen molar-refractivity contribution in [2.75, 3.05) is 39.5 Å². The van der Waals surface area contributed by atoms with Crippen LogP contribution in [0.1, 0.15) is 15.9 Å². The molecule has 0 radical (unpaired) electrons. The highest BCUT2D eigenvalue weighted by Crippen LogP contribution is 2.18. The van der Waals surface area contributed by atoms with E-state index in [2.05, 4.69) is 0 Å². The zero-order valence-electron chi connectivity index (χ0n) is 15.7. The molecule has 28 heavy (non-hydrogen) atoms. The van der Waals surface area contributed by atoms with Crippen molar-refractivity contribution in [2.45, 2.75) is 11.8 Å². The van der Waals surface area contributed by atoms with Crippen LogP contribution >= 0.6 is 0 Å². The predicted octanol–water partition coefficient (Wildman–Crippen LogP) is 2.25. The molecule has 1 aliphatic heterocycles.